The third-order valence-electron chi connectivity index (χ3n) is 8.39. The molecule has 0 bridgehead atoms. The summed E-state index contributed by atoms with van der Waals surface area (Å²) in [5, 5.41) is 16.6. The predicted molar refractivity (Wildman–Crippen MR) is 173 cm³/mol. The molecule has 0 spiro atoms. The molecule has 10 nitrogen and oxygen atoms in total. The normalized spacial score (nSPS) is 18.3. The lowest BCUT2D eigenvalue weighted by atomic mass is 9.99. The number of benzene rings is 2. The van der Waals surface area contributed by atoms with E-state index in [9.17, 15) is 23.9 Å². The Hall–Kier alpha value is -5.16. The Balaban J connectivity index is 1.11. The molecule has 0 radical (unpaired) electrons. The number of pyridine rings is 2. The molecule has 3 N–H and O–H groups in total. The molecule has 11 heteroatoms. The molecule has 0 unspecified atom stereocenters. The van der Waals surface area contributed by atoms with Crippen molar-refractivity contribution in [3.8, 4) is 5.75 Å². The van der Waals surface area contributed by atoms with Crippen molar-refractivity contribution in [2.75, 3.05) is 13.1 Å². The van der Waals surface area contributed by atoms with E-state index in [1.807, 2.05) is 37.3 Å². The van der Waals surface area contributed by atoms with Crippen LogP contribution < -0.4 is 15.4 Å². The number of aliphatic hydroxyl groups excluding tert-OH is 1. The zero-order chi connectivity index (χ0) is 32.9. The van der Waals surface area contributed by atoms with Gasteiger partial charge in [0.1, 0.15) is 29.9 Å². The minimum absolute atomic E-state index is 0.0331. The fraction of sp³-hybridized carbons (Fsp3) is 0.306. The SMILES string of the molecule is C[C@H](NC(=O)[C@@H]1C[C@@H](O)CN1C(=O)CNC(=O)c1ccc2cc(F)ccc2n1)c1cc(OCc2ccncc2)ccc1/C=C/C1CC1. The van der Waals surface area contributed by atoms with Crippen LogP contribution in [0.3, 0.4) is 0 Å². The molecule has 3 heterocycles. The number of rotatable bonds is 11. The van der Waals surface area contributed by atoms with Crippen LogP contribution in [0.2, 0.25) is 0 Å². The van der Waals surface area contributed by atoms with Crippen molar-refractivity contribution in [1.29, 1.82) is 0 Å². The molecule has 2 aromatic carbocycles. The van der Waals surface area contributed by atoms with Gasteiger partial charge in [-0.25, -0.2) is 9.37 Å². The van der Waals surface area contributed by atoms with E-state index in [4.69, 9.17) is 4.74 Å². The summed E-state index contributed by atoms with van der Waals surface area (Å²) in [4.78, 5) is 49.2. The first-order valence-electron chi connectivity index (χ1n) is 15.7. The van der Waals surface area contributed by atoms with E-state index in [1.54, 1.807) is 18.5 Å². The lowest BCUT2D eigenvalue weighted by molar-refractivity contribution is -0.138. The quantitative estimate of drug-likeness (QED) is 0.223. The Morgan fingerprint density at radius 2 is 1.89 bits per heavy atom. The maximum atomic E-state index is 13.6. The van der Waals surface area contributed by atoms with Crippen LogP contribution in [0.25, 0.3) is 17.0 Å². The van der Waals surface area contributed by atoms with E-state index in [2.05, 4.69) is 32.8 Å². The van der Waals surface area contributed by atoms with Gasteiger partial charge >= 0.3 is 0 Å². The molecule has 47 heavy (non-hydrogen) atoms. The molecule has 1 aliphatic carbocycles. The van der Waals surface area contributed by atoms with Crippen LogP contribution in [0.5, 0.6) is 5.75 Å². The van der Waals surface area contributed by atoms with Gasteiger partial charge in [0.15, 0.2) is 0 Å². The number of carbonyl (C=O) groups is 3. The molecule has 2 fully saturated rings. The Labute approximate surface area is 271 Å². The van der Waals surface area contributed by atoms with E-state index in [1.165, 1.54) is 42.0 Å². The van der Waals surface area contributed by atoms with Gasteiger partial charge in [0.25, 0.3) is 5.91 Å². The molecule has 2 aromatic heterocycles. The Morgan fingerprint density at radius 1 is 1.09 bits per heavy atom. The zero-order valence-corrected chi connectivity index (χ0v) is 25.9. The number of halogens is 1. The second kappa shape index (κ2) is 14.1. The molecular weight excluding hydrogens is 601 g/mol. The molecule has 3 amide bonds. The first-order valence-corrected chi connectivity index (χ1v) is 15.7. The first-order chi connectivity index (χ1) is 22.7. The molecule has 242 valence electrons. The number of likely N-dealkylation sites (tertiary alicyclic amines) is 1. The number of ether oxygens (including phenoxy) is 1. The molecule has 1 aliphatic heterocycles. The number of fused-ring (bicyclic) bond motifs is 1. The maximum Gasteiger partial charge on any atom is 0.270 e. The standard InChI is InChI=1S/C36H36FN5O5/c1-22(30-18-29(47-21-24-12-14-38-15-13-24)9-6-25(30)5-4-23-2-3-23)40-36(46)33-17-28(43)20-42(33)34(44)19-39-35(45)32-10-7-26-16-27(37)8-11-31(26)41-32/h4-16,18,22-23,28,33,43H,2-3,17,19-21H2,1H3,(H,39,45)(H,40,46)/b5-4+/t22-,28+,33-/m0/s1. The summed E-state index contributed by atoms with van der Waals surface area (Å²) in [6.07, 6.45) is 9.20. The zero-order valence-electron chi connectivity index (χ0n) is 25.9. The van der Waals surface area contributed by atoms with Crippen LogP contribution in [0, 0.1) is 11.7 Å². The number of carbonyl (C=O) groups excluding carboxylic acids is 3. The number of amides is 3. The van der Waals surface area contributed by atoms with E-state index in [0.29, 0.717) is 29.2 Å². The van der Waals surface area contributed by atoms with Crippen molar-refractivity contribution in [2.45, 2.75) is 51.0 Å². The Kier molecular flexibility index (Phi) is 9.53. The van der Waals surface area contributed by atoms with Gasteiger partial charge in [-0.1, -0.05) is 24.3 Å². The third-order valence-corrected chi connectivity index (χ3v) is 8.39. The second-order valence-electron chi connectivity index (χ2n) is 12.0. The van der Waals surface area contributed by atoms with Gasteiger partial charge in [-0.05, 0) is 90.9 Å². The van der Waals surface area contributed by atoms with Crippen LogP contribution in [0.15, 0.2) is 79.1 Å². The minimum Gasteiger partial charge on any atom is -0.489 e. The Bertz CT molecular complexity index is 1810. The number of hydrogen-bond donors (Lipinski definition) is 3. The topological polar surface area (TPSA) is 134 Å². The van der Waals surface area contributed by atoms with Crippen LogP contribution in [0.1, 0.15) is 59.4 Å². The highest BCUT2D eigenvalue weighted by atomic mass is 19.1. The number of allylic oxidation sites excluding steroid dienone is 1. The largest absolute Gasteiger partial charge is 0.489 e. The number of hydrogen-bond acceptors (Lipinski definition) is 7. The van der Waals surface area contributed by atoms with Crippen LogP contribution in [-0.2, 0) is 16.2 Å². The maximum absolute atomic E-state index is 13.6. The van der Waals surface area contributed by atoms with Gasteiger partial charge in [0.2, 0.25) is 11.8 Å². The highest BCUT2D eigenvalue weighted by Crippen LogP contribution is 2.33. The van der Waals surface area contributed by atoms with E-state index in [0.717, 1.165) is 16.7 Å². The summed E-state index contributed by atoms with van der Waals surface area (Å²) < 4.78 is 19.5. The predicted octanol–water partition coefficient (Wildman–Crippen LogP) is 4.34. The molecule has 2 aliphatic rings. The summed E-state index contributed by atoms with van der Waals surface area (Å²) in [7, 11) is 0. The molecule has 1 saturated heterocycles. The van der Waals surface area contributed by atoms with Crippen LogP contribution >= 0.6 is 0 Å². The van der Waals surface area contributed by atoms with Crippen LogP contribution in [-0.4, -0.2) is 62.9 Å². The highest BCUT2D eigenvalue weighted by molar-refractivity contribution is 5.97. The van der Waals surface area contributed by atoms with Gasteiger partial charge in [-0.2, -0.15) is 0 Å². The summed E-state index contributed by atoms with van der Waals surface area (Å²) in [6, 6.07) is 15.3. The summed E-state index contributed by atoms with van der Waals surface area (Å²) in [5.74, 6) is -0.692. The summed E-state index contributed by atoms with van der Waals surface area (Å²) in [6.45, 7) is 1.82. The van der Waals surface area contributed by atoms with E-state index < -0.39 is 41.7 Å². The average molecular weight is 638 g/mol. The van der Waals surface area contributed by atoms with Gasteiger partial charge in [-0.3, -0.25) is 19.4 Å². The fourth-order valence-corrected chi connectivity index (χ4v) is 5.64. The van der Waals surface area contributed by atoms with Gasteiger partial charge < -0.3 is 25.4 Å². The molecule has 3 atom stereocenters. The van der Waals surface area contributed by atoms with Crippen molar-refractivity contribution in [3.63, 3.8) is 0 Å². The van der Waals surface area contributed by atoms with Crippen molar-refractivity contribution < 1.29 is 28.6 Å². The second-order valence-corrected chi connectivity index (χ2v) is 12.0. The van der Waals surface area contributed by atoms with Crippen molar-refractivity contribution in [1.82, 2.24) is 25.5 Å². The van der Waals surface area contributed by atoms with Gasteiger partial charge in [-0.15, -0.1) is 0 Å². The Morgan fingerprint density at radius 3 is 2.68 bits per heavy atom. The third kappa shape index (κ3) is 7.98. The summed E-state index contributed by atoms with van der Waals surface area (Å²) >= 11 is 0. The molecular formula is C36H36FN5O5. The average Bonchev–Trinajstić information content (AvgIpc) is 3.83. The van der Waals surface area contributed by atoms with E-state index in [-0.39, 0.29) is 25.2 Å². The molecule has 6 rings (SSSR count). The fourth-order valence-electron chi connectivity index (χ4n) is 5.64. The lowest BCUT2D eigenvalue weighted by Gasteiger charge is -2.26. The van der Waals surface area contributed by atoms with E-state index >= 15 is 0 Å². The highest BCUT2D eigenvalue weighted by Gasteiger charge is 2.39. The smallest absolute Gasteiger partial charge is 0.270 e. The monoisotopic (exact) mass is 637 g/mol. The molecule has 1 saturated carbocycles. The van der Waals surface area contributed by atoms with Crippen molar-refractivity contribution in [2.24, 2.45) is 5.92 Å². The minimum atomic E-state index is -0.915. The summed E-state index contributed by atoms with van der Waals surface area (Å²) in [5.41, 5.74) is 3.30. The van der Waals surface area contributed by atoms with Crippen molar-refractivity contribution >= 4 is 34.7 Å². The number of β-amino-alcohol motifs (C(OH)–C–C–N with tert-alkyl or cyclic N) is 1. The van der Waals surface area contributed by atoms with Gasteiger partial charge in [0, 0.05) is 30.7 Å². The van der Waals surface area contributed by atoms with Crippen molar-refractivity contribution in [3.05, 3.63) is 107 Å². The molecule has 4 aromatic rings. The first kappa shape index (κ1) is 31.8. The number of aromatic nitrogens is 2. The van der Waals surface area contributed by atoms with Gasteiger partial charge in [0.05, 0.1) is 24.2 Å². The van der Waals surface area contributed by atoms with Crippen LogP contribution in [0.4, 0.5) is 4.39 Å². The number of aliphatic hydroxyl groups is 1. The number of nitrogens with one attached hydrogen (secondary N) is 2. The number of nitrogens with zero attached hydrogens (tertiary/aromatic N) is 3. The lowest BCUT2D eigenvalue weighted by Crippen LogP contribution is -2.49.